The lowest BCUT2D eigenvalue weighted by molar-refractivity contribution is -0.0273. The van der Waals surface area contributed by atoms with Crippen molar-refractivity contribution in [2.24, 2.45) is 0 Å². The van der Waals surface area contributed by atoms with Crippen molar-refractivity contribution in [3.63, 3.8) is 0 Å². The number of nitrogens with one attached hydrogen (secondary N) is 1. The van der Waals surface area contributed by atoms with E-state index in [4.69, 9.17) is 16.3 Å². The van der Waals surface area contributed by atoms with Crippen molar-refractivity contribution in [1.29, 1.82) is 0 Å². The first-order valence-corrected chi connectivity index (χ1v) is 9.35. The number of aromatic hydroxyl groups is 1. The monoisotopic (exact) mass is 389 g/mol. The van der Waals surface area contributed by atoms with Gasteiger partial charge in [0.2, 0.25) is 0 Å². The van der Waals surface area contributed by atoms with Crippen LogP contribution in [0.4, 0.5) is 4.39 Å². The number of rotatable bonds is 4. The van der Waals surface area contributed by atoms with Gasteiger partial charge in [-0.25, -0.2) is 9.37 Å². The van der Waals surface area contributed by atoms with Crippen molar-refractivity contribution in [1.82, 2.24) is 14.9 Å². The zero-order valence-electron chi connectivity index (χ0n) is 15.0. The Morgan fingerprint density at radius 3 is 2.78 bits per heavy atom. The predicted molar refractivity (Wildman–Crippen MR) is 103 cm³/mol. The number of imidazole rings is 1. The summed E-state index contributed by atoms with van der Waals surface area (Å²) in [5, 5.41) is 10.5. The lowest BCUT2D eigenvalue weighted by Gasteiger charge is -2.31. The first-order chi connectivity index (χ1) is 13.0. The van der Waals surface area contributed by atoms with Gasteiger partial charge in [-0.3, -0.25) is 0 Å². The number of phenols is 1. The molecule has 1 aliphatic rings. The standard InChI is InChI=1S/C20H21ClFN3O2/c1-25-8-6-13(7-9-25)27-19(14-10-12(21)11-15(22)18(14)26)20-23-16-4-2-3-5-17(16)24-20/h2-5,10-11,13,19,26H,6-9H2,1H3,(H,23,24). The van der Waals surface area contributed by atoms with E-state index in [9.17, 15) is 9.50 Å². The van der Waals surface area contributed by atoms with Crippen LogP contribution in [-0.2, 0) is 4.74 Å². The Kier molecular flexibility index (Phi) is 5.04. The molecule has 0 aliphatic carbocycles. The van der Waals surface area contributed by atoms with Crippen LogP contribution in [-0.4, -0.2) is 46.2 Å². The number of ether oxygens (including phenoxy) is 1. The summed E-state index contributed by atoms with van der Waals surface area (Å²) in [6, 6.07) is 10.2. The van der Waals surface area contributed by atoms with Crippen LogP contribution in [0.5, 0.6) is 5.75 Å². The highest BCUT2D eigenvalue weighted by molar-refractivity contribution is 6.30. The van der Waals surface area contributed by atoms with Gasteiger partial charge in [-0.15, -0.1) is 0 Å². The minimum Gasteiger partial charge on any atom is -0.505 e. The van der Waals surface area contributed by atoms with Gasteiger partial charge in [0.15, 0.2) is 11.6 Å². The fraction of sp³-hybridized carbons (Fsp3) is 0.350. The zero-order chi connectivity index (χ0) is 19.0. The van der Waals surface area contributed by atoms with Gasteiger partial charge in [0.25, 0.3) is 0 Å². The van der Waals surface area contributed by atoms with Crippen molar-refractivity contribution in [3.05, 3.63) is 58.6 Å². The van der Waals surface area contributed by atoms with Crippen LogP contribution in [0.2, 0.25) is 5.02 Å². The minimum atomic E-state index is -0.773. The summed E-state index contributed by atoms with van der Waals surface area (Å²) < 4.78 is 20.4. The average molecular weight is 390 g/mol. The molecule has 7 heteroatoms. The highest BCUT2D eigenvalue weighted by atomic mass is 35.5. The van der Waals surface area contributed by atoms with Crippen LogP contribution in [0, 0.1) is 5.82 Å². The number of nitrogens with zero attached hydrogens (tertiary/aromatic N) is 2. The topological polar surface area (TPSA) is 61.4 Å². The van der Waals surface area contributed by atoms with Crippen LogP contribution in [0.1, 0.15) is 30.3 Å². The maximum Gasteiger partial charge on any atom is 0.166 e. The quantitative estimate of drug-likeness (QED) is 0.699. The molecule has 0 radical (unpaired) electrons. The molecule has 5 nitrogen and oxygen atoms in total. The molecule has 0 amide bonds. The van der Waals surface area contributed by atoms with Gasteiger partial charge in [-0.2, -0.15) is 0 Å². The summed E-state index contributed by atoms with van der Waals surface area (Å²) in [5.74, 6) is -0.713. The predicted octanol–water partition coefficient (Wildman–Crippen LogP) is 4.26. The highest BCUT2D eigenvalue weighted by Crippen LogP contribution is 2.37. The molecule has 0 saturated carbocycles. The fourth-order valence-electron chi connectivity index (χ4n) is 3.48. The second-order valence-electron chi connectivity index (χ2n) is 6.98. The number of aromatic amines is 1. The number of benzene rings is 2. The molecule has 1 saturated heterocycles. The summed E-state index contributed by atoms with van der Waals surface area (Å²) in [4.78, 5) is 10.1. The number of hydrogen-bond acceptors (Lipinski definition) is 4. The van der Waals surface area contributed by atoms with Crippen molar-refractivity contribution in [3.8, 4) is 5.75 Å². The number of fused-ring (bicyclic) bond motifs is 1. The van der Waals surface area contributed by atoms with E-state index in [1.165, 1.54) is 6.07 Å². The third kappa shape index (κ3) is 3.78. The summed E-state index contributed by atoms with van der Waals surface area (Å²) in [6.07, 6.45) is 0.966. The normalized spacial score (nSPS) is 17.4. The molecule has 2 heterocycles. The molecular formula is C20H21ClFN3O2. The molecule has 142 valence electrons. The molecule has 1 fully saturated rings. The van der Waals surface area contributed by atoms with Gasteiger partial charge in [0.05, 0.1) is 17.1 Å². The molecule has 27 heavy (non-hydrogen) atoms. The maximum absolute atomic E-state index is 14.1. The molecule has 1 atom stereocenters. The summed E-state index contributed by atoms with van der Waals surface area (Å²) in [6.45, 7) is 1.85. The Morgan fingerprint density at radius 1 is 1.30 bits per heavy atom. The first-order valence-electron chi connectivity index (χ1n) is 8.98. The summed E-state index contributed by atoms with van der Waals surface area (Å²) >= 11 is 6.05. The van der Waals surface area contributed by atoms with Gasteiger partial charge in [0, 0.05) is 23.7 Å². The molecule has 1 unspecified atom stereocenters. The Balaban J connectivity index is 1.75. The van der Waals surface area contributed by atoms with Gasteiger partial charge in [0.1, 0.15) is 11.9 Å². The number of phenolic OH excluding ortho intramolecular Hbond substituents is 1. The lowest BCUT2D eigenvalue weighted by Crippen LogP contribution is -2.35. The van der Waals surface area contributed by atoms with Crippen LogP contribution >= 0.6 is 11.6 Å². The van der Waals surface area contributed by atoms with Gasteiger partial charge >= 0.3 is 0 Å². The van der Waals surface area contributed by atoms with Gasteiger partial charge < -0.3 is 19.7 Å². The highest BCUT2D eigenvalue weighted by Gasteiger charge is 2.29. The molecule has 3 aromatic rings. The van der Waals surface area contributed by atoms with Crippen molar-refractivity contribution in [2.75, 3.05) is 20.1 Å². The van der Waals surface area contributed by atoms with Crippen LogP contribution < -0.4 is 0 Å². The van der Waals surface area contributed by atoms with E-state index in [1.54, 1.807) is 0 Å². The number of para-hydroxylation sites is 2. The largest absolute Gasteiger partial charge is 0.505 e. The molecule has 0 spiro atoms. The maximum atomic E-state index is 14.1. The Bertz CT molecular complexity index is 921. The number of aromatic nitrogens is 2. The van der Waals surface area contributed by atoms with Crippen LogP contribution in [0.15, 0.2) is 36.4 Å². The Hall–Kier alpha value is -2.15. The average Bonchev–Trinajstić information content (AvgIpc) is 3.08. The van der Waals surface area contributed by atoms with E-state index in [2.05, 4.69) is 21.9 Å². The molecule has 1 aromatic heterocycles. The van der Waals surface area contributed by atoms with Crippen molar-refractivity contribution < 1.29 is 14.2 Å². The van der Waals surface area contributed by atoms with Crippen LogP contribution in [0.3, 0.4) is 0 Å². The summed E-state index contributed by atoms with van der Waals surface area (Å²) in [7, 11) is 2.07. The van der Waals surface area contributed by atoms with E-state index in [-0.39, 0.29) is 16.7 Å². The van der Waals surface area contributed by atoms with E-state index in [1.807, 2.05) is 24.3 Å². The second kappa shape index (κ2) is 7.46. The Labute approximate surface area is 161 Å². The second-order valence-corrected chi connectivity index (χ2v) is 7.42. The SMILES string of the molecule is CN1CCC(OC(c2nc3ccccc3[nH]2)c2cc(Cl)cc(F)c2O)CC1. The molecule has 0 bridgehead atoms. The van der Waals surface area contributed by atoms with E-state index in [0.29, 0.717) is 5.82 Å². The fourth-order valence-corrected chi connectivity index (χ4v) is 3.69. The number of piperidine rings is 1. The molecular weight excluding hydrogens is 369 g/mol. The third-order valence-corrected chi connectivity index (χ3v) is 5.21. The van der Waals surface area contributed by atoms with E-state index < -0.39 is 17.7 Å². The zero-order valence-corrected chi connectivity index (χ0v) is 15.7. The Morgan fingerprint density at radius 2 is 2.04 bits per heavy atom. The molecule has 2 N–H and O–H groups in total. The van der Waals surface area contributed by atoms with Crippen molar-refractivity contribution in [2.45, 2.75) is 25.0 Å². The third-order valence-electron chi connectivity index (χ3n) is 4.99. The smallest absolute Gasteiger partial charge is 0.166 e. The number of H-pyrrole nitrogens is 1. The van der Waals surface area contributed by atoms with E-state index >= 15 is 0 Å². The van der Waals surface area contributed by atoms with Crippen LogP contribution in [0.25, 0.3) is 11.0 Å². The lowest BCUT2D eigenvalue weighted by atomic mass is 10.0. The molecule has 2 aromatic carbocycles. The first kappa shape index (κ1) is 18.2. The number of hydrogen-bond donors (Lipinski definition) is 2. The van der Waals surface area contributed by atoms with Gasteiger partial charge in [-0.05, 0) is 44.2 Å². The number of likely N-dealkylation sites (tertiary alicyclic amines) is 1. The molecule has 4 rings (SSSR count). The van der Waals surface area contributed by atoms with E-state index in [0.717, 1.165) is 43.0 Å². The molecule has 1 aliphatic heterocycles. The summed E-state index contributed by atoms with van der Waals surface area (Å²) in [5.41, 5.74) is 1.91. The minimum absolute atomic E-state index is 0.0131. The number of halogens is 2. The van der Waals surface area contributed by atoms with Crippen molar-refractivity contribution >= 4 is 22.6 Å². The van der Waals surface area contributed by atoms with Gasteiger partial charge in [-0.1, -0.05) is 23.7 Å².